The van der Waals surface area contributed by atoms with Crippen LogP contribution in [0.2, 0.25) is 0 Å². The van der Waals surface area contributed by atoms with Gasteiger partial charge in [0.15, 0.2) is 0 Å². The molecule has 5 nitrogen and oxygen atoms in total. The molecule has 0 bridgehead atoms. The number of hydrogen-bond acceptors (Lipinski definition) is 5. The Kier molecular flexibility index (Phi) is 5.96. The number of Topliss-reactive ketones (excluding diaryl/α,β-unsaturated/α-hetero) is 1. The van der Waals surface area contributed by atoms with Crippen molar-refractivity contribution in [3.05, 3.63) is 0 Å². The average molecular weight is 260 g/mol. The summed E-state index contributed by atoms with van der Waals surface area (Å²) in [5, 5.41) is 4.29. The van der Waals surface area contributed by atoms with Crippen LogP contribution in [0.5, 0.6) is 0 Å². The highest BCUT2D eigenvalue weighted by Crippen LogP contribution is 2.24. The summed E-state index contributed by atoms with van der Waals surface area (Å²) in [6.07, 6.45) is 0.598. The maximum absolute atomic E-state index is 11.7. The van der Waals surface area contributed by atoms with E-state index >= 15 is 0 Å². The third-order valence-electron chi connectivity index (χ3n) is 1.96. The highest BCUT2D eigenvalue weighted by atomic mass is 17.5. The van der Waals surface area contributed by atoms with Gasteiger partial charge in [0.1, 0.15) is 0 Å². The molecule has 0 amide bonds. The molecule has 0 aliphatic rings. The van der Waals surface area contributed by atoms with Crippen molar-refractivity contribution in [1.29, 1.82) is 0 Å². The van der Waals surface area contributed by atoms with E-state index < -0.39 is 23.3 Å². The van der Waals surface area contributed by atoms with Crippen molar-refractivity contribution in [3.63, 3.8) is 0 Å². The summed E-state index contributed by atoms with van der Waals surface area (Å²) in [5.41, 5.74) is -0.640. The van der Waals surface area contributed by atoms with Crippen molar-refractivity contribution < 1.29 is 24.4 Å². The number of rotatable bonds is 5. The van der Waals surface area contributed by atoms with Gasteiger partial charge in [-0.2, -0.15) is 4.89 Å². The van der Waals surface area contributed by atoms with E-state index in [4.69, 9.17) is 4.89 Å². The molecule has 0 spiro atoms. The molecule has 0 radical (unpaired) electrons. The maximum Gasteiger partial charge on any atom is 0.411 e. The Balaban J connectivity index is 4.15. The Hall–Kier alpha value is -0.940. The molecule has 18 heavy (non-hydrogen) atoms. The molecule has 0 aliphatic carbocycles. The quantitative estimate of drug-likeness (QED) is 0.432. The third kappa shape index (κ3) is 8.20. The normalized spacial score (nSPS) is 14.2. The topological polar surface area (TPSA) is 61.8 Å². The number of carbonyl (C=O) groups is 2. The monoisotopic (exact) mass is 260 g/mol. The minimum atomic E-state index is -1.03. The first-order chi connectivity index (χ1) is 7.92. The van der Waals surface area contributed by atoms with Crippen LogP contribution in [0.25, 0.3) is 0 Å². The largest absolute Gasteiger partial charge is 0.411 e. The van der Waals surface area contributed by atoms with E-state index in [0.717, 1.165) is 0 Å². The van der Waals surface area contributed by atoms with Gasteiger partial charge in [0.05, 0.1) is 5.60 Å². The van der Waals surface area contributed by atoms with Gasteiger partial charge in [0.2, 0.25) is 5.78 Å². The molecule has 0 saturated heterocycles. The fraction of sp³-hybridized carbons (Fsp3) is 0.846. The molecule has 106 valence electrons. The predicted molar refractivity (Wildman–Crippen MR) is 66.3 cm³/mol. The van der Waals surface area contributed by atoms with Gasteiger partial charge in [-0.05, 0) is 37.6 Å². The molecule has 0 heterocycles. The van der Waals surface area contributed by atoms with E-state index in [0.29, 0.717) is 6.42 Å². The third-order valence-corrected chi connectivity index (χ3v) is 1.96. The fourth-order valence-electron chi connectivity index (χ4n) is 1.40. The van der Waals surface area contributed by atoms with E-state index in [1.807, 2.05) is 20.8 Å². The van der Waals surface area contributed by atoms with Crippen molar-refractivity contribution in [2.45, 2.75) is 60.5 Å². The zero-order chi connectivity index (χ0) is 14.6. The number of carbonyl (C=O) groups excluding carboxylic acids is 2. The molecule has 0 aromatic rings. The first-order valence-corrected chi connectivity index (χ1v) is 6.03. The van der Waals surface area contributed by atoms with Crippen molar-refractivity contribution in [2.75, 3.05) is 0 Å². The van der Waals surface area contributed by atoms with Gasteiger partial charge in [-0.25, -0.2) is 4.79 Å². The average Bonchev–Trinajstić information content (AvgIpc) is 2.11. The van der Waals surface area contributed by atoms with Gasteiger partial charge >= 0.3 is 5.97 Å². The molecule has 0 aliphatic heterocycles. The lowest BCUT2D eigenvalue weighted by atomic mass is 9.84. The molecular formula is C13H24O5. The second-order valence-corrected chi connectivity index (χ2v) is 6.66. The predicted octanol–water partition coefficient (Wildman–Crippen LogP) is 2.83. The molecule has 0 fully saturated rings. The van der Waals surface area contributed by atoms with Crippen LogP contribution in [-0.2, 0) is 24.4 Å². The summed E-state index contributed by atoms with van der Waals surface area (Å²) >= 11 is 0. The van der Waals surface area contributed by atoms with Crippen LogP contribution in [0.4, 0.5) is 0 Å². The Morgan fingerprint density at radius 2 is 1.56 bits per heavy atom. The molecule has 1 atom stereocenters. The summed E-state index contributed by atoms with van der Waals surface area (Å²) in [5.74, 6) is -2.05. The lowest BCUT2D eigenvalue weighted by molar-refractivity contribution is -0.513. The van der Waals surface area contributed by atoms with E-state index in [1.54, 1.807) is 27.7 Å². The molecule has 0 saturated carbocycles. The maximum atomic E-state index is 11.7. The Labute approximate surface area is 109 Å². The summed E-state index contributed by atoms with van der Waals surface area (Å²) in [6, 6.07) is 0. The minimum absolute atomic E-state index is 0.0296. The smallest absolute Gasteiger partial charge is 0.286 e. The SMILES string of the molecule is CC(CC(C)(C)C)C(=O)C(=O)OOOC(C)(C)C. The first kappa shape index (κ1) is 17.1. The van der Waals surface area contributed by atoms with Crippen LogP contribution >= 0.6 is 0 Å². The van der Waals surface area contributed by atoms with Crippen LogP contribution in [-0.4, -0.2) is 17.4 Å². The first-order valence-electron chi connectivity index (χ1n) is 6.03. The van der Waals surface area contributed by atoms with E-state index in [-0.39, 0.29) is 5.41 Å². The van der Waals surface area contributed by atoms with E-state index in [2.05, 4.69) is 9.93 Å². The molecule has 0 aromatic heterocycles. The molecule has 1 unspecified atom stereocenters. The van der Waals surface area contributed by atoms with Gasteiger partial charge in [0, 0.05) is 5.92 Å². The van der Waals surface area contributed by atoms with Gasteiger partial charge in [-0.15, -0.1) is 0 Å². The van der Waals surface area contributed by atoms with Crippen LogP contribution in [0.1, 0.15) is 54.9 Å². The highest BCUT2D eigenvalue weighted by molar-refractivity contribution is 6.34. The van der Waals surface area contributed by atoms with E-state index in [9.17, 15) is 9.59 Å². The molecule has 0 aromatic carbocycles. The Bertz CT molecular complexity index is 295. The van der Waals surface area contributed by atoms with Crippen LogP contribution in [0.15, 0.2) is 0 Å². The van der Waals surface area contributed by atoms with Gasteiger partial charge in [-0.3, -0.25) is 9.68 Å². The summed E-state index contributed by atoms with van der Waals surface area (Å²) in [4.78, 5) is 32.1. The second kappa shape index (κ2) is 6.29. The zero-order valence-corrected chi connectivity index (χ0v) is 12.3. The summed E-state index contributed by atoms with van der Waals surface area (Å²) in [6.45, 7) is 12.9. The fourth-order valence-corrected chi connectivity index (χ4v) is 1.40. The molecule has 0 rings (SSSR count). The summed E-state index contributed by atoms with van der Waals surface area (Å²) in [7, 11) is 0. The molecule has 0 N–H and O–H groups in total. The number of hydrogen-bond donors (Lipinski definition) is 0. The van der Waals surface area contributed by atoms with Crippen LogP contribution < -0.4 is 0 Å². The second-order valence-electron chi connectivity index (χ2n) is 6.66. The van der Waals surface area contributed by atoms with Crippen LogP contribution in [0.3, 0.4) is 0 Å². The Morgan fingerprint density at radius 1 is 1.06 bits per heavy atom. The molecule has 5 heteroatoms. The number of ketones is 1. The van der Waals surface area contributed by atoms with Gasteiger partial charge in [0.25, 0.3) is 0 Å². The Morgan fingerprint density at radius 3 is 1.94 bits per heavy atom. The van der Waals surface area contributed by atoms with Gasteiger partial charge in [-0.1, -0.05) is 27.7 Å². The van der Waals surface area contributed by atoms with Gasteiger partial charge < -0.3 is 0 Å². The van der Waals surface area contributed by atoms with Crippen molar-refractivity contribution >= 4 is 11.8 Å². The minimum Gasteiger partial charge on any atom is -0.286 e. The standard InChI is InChI=1S/C13H24O5/c1-9(8-12(2,3)4)10(14)11(15)16-18-17-13(5,6)7/h9H,8H2,1-7H3. The van der Waals surface area contributed by atoms with E-state index in [1.165, 1.54) is 0 Å². The zero-order valence-electron chi connectivity index (χ0n) is 12.3. The van der Waals surface area contributed by atoms with Crippen molar-refractivity contribution in [1.82, 2.24) is 0 Å². The van der Waals surface area contributed by atoms with Crippen LogP contribution in [0, 0.1) is 11.3 Å². The highest BCUT2D eigenvalue weighted by Gasteiger charge is 2.28. The van der Waals surface area contributed by atoms with Crippen molar-refractivity contribution in [3.8, 4) is 0 Å². The molecular weight excluding hydrogens is 236 g/mol. The van der Waals surface area contributed by atoms with Crippen molar-refractivity contribution in [2.24, 2.45) is 11.3 Å². The lowest BCUT2D eigenvalue weighted by Gasteiger charge is -2.21. The summed E-state index contributed by atoms with van der Waals surface area (Å²) < 4.78 is 0. The lowest BCUT2D eigenvalue weighted by Crippen LogP contribution is -2.28.